The van der Waals surface area contributed by atoms with Crippen LogP contribution in [0, 0.1) is 5.92 Å². The maximum absolute atomic E-state index is 11.8. The number of nitrogens with one attached hydrogen (secondary N) is 1. The van der Waals surface area contributed by atoms with Gasteiger partial charge in [0, 0.05) is 12.3 Å². The Hall–Kier alpha value is -1.59. The minimum Gasteiger partial charge on any atom is -0.481 e. The first kappa shape index (κ1) is 14.5. The number of aliphatic carboxylic acids is 2. The van der Waals surface area contributed by atoms with E-state index in [0.29, 0.717) is 0 Å². The molecule has 0 aromatic rings. The fraction of sp³-hybridized carbons (Fsp3) is 0.750. The summed E-state index contributed by atoms with van der Waals surface area (Å²) in [5.41, 5.74) is 0. The molecule has 0 unspecified atom stereocenters. The third-order valence-corrected chi connectivity index (χ3v) is 3.24. The largest absolute Gasteiger partial charge is 0.481 e. The summed E-state index contributed by atoms with van der Waals surface area (Å²) in [5.74, 6) is -2.62. The van der Waals surface area contributed by atoms with E-state index in [-0.39, 0.29) is 24.7 Å². The summed E-state index contributed by atoms with van der Waals surface area (Å²) < 4.78 is 0. The lowest BCUT2D eigenvalue weighted by Crippen LogP contribution is -2.44. The summed E-state index contributed by atoms with van der Waals surface area (Å²) in [7, 11) is 0. The Morgan fingerprint density at radius 2 is 1.72 bits per heavy atom. The molecule has 1 aliphatic carbocycles. The van der Waals surface area contributed by atoms with E-state index < -0.39 is 18.0 Å². The van der Waals surface area contributed by atoms with Gasteiger partial charge in [-0.15, -0.1) is 0 Å². The van der Waals surface area contributed by atoms with Crippen LogP contribution in [0.1, 0.15) is 44.9 Å². The molecule has 0 spiro atoms. The van der Waals surface area contributed by atoms with Crippen LogP contribution in [-0.2, 0) is 14.4 Å². The molecule has 1 rings (SSSR count). The minimum atomic E-state index is -1.18. The molecule has 3 N–H and O–H groups in total. The van der Waals surface area contributed by atoms with Gasteiger partial charge in [0.05, 0.1) is 0 Å². The molecule has 1 amide bonds. The normalized spacial score (nSPS) is 18.0. The van der Waals surface area contributed by atoms with Crippen molar-refractivity contribution in [3.63, 3.8) is 0 Å². The van der Waals surface area contributed by atoms with E-state index in [2.05, 4.69) is 5.32 Å². The summed E-state index contributed by atoms with van der Waals surface area (Å²) in [4.78, 5) is 33.2. The number of carbonyl (C=O) groups is 3. The van der Waals surface area contributed by atoms with Crippen molar-refractivity contribution in [2.45, 2.75) is 51.0 Å². The van der Waals surface area contributed by atoms with Gasteiger partial charge in [0.15, 0.2) is 0 Å². The Balaban J connectivity index is 2.46. The van der Waals surface area contributed by atoms with Gasteiger partial charge in [0.25, 0.3) is 0 Å². The molecule has 1 aliphatic rings. The molecule has 1 fully saturated rings. The molecule has 0 aromatic heterocycles. The molecule has 0 aromatic carbocycles. The molecule has 6 nitrogen and oxygen atoms in total. The van der Waals surface area contributed by atoms with E-state index in [1.54, 1.807) is 0 Å². The zero-order chi connectivity index (χ0) is 13.5. The number of hydrogen-bond donors (Lipinski definition) is 3. The van der Waals surface area contributed by atoms with Crippen molar-refractivity contribution >= 4 is 17.8 Å². The topological polar surface area (TPSA) is 104 Å². The van der Waals surface area contributed by atoms with Gasteiger partial charge in [-0.25, -0.2) is 4.79 Å². The highest BCUT2D eigenvalue weighted by molar-refractivity contribution is 5.85. The van der Waals surface area contributed by atoms with Crippen LogP contribution in [-0.4, -0.2) is 34.1 Å². The molecule has 0 bridgehead atoms. The van der Waals surface area contributed by atoms with E-state index in [4.69, 9.17) is 10.2 Å². The highest BCUT2D eigenvalue weighted by Gasteiger charge is 2.26. The van der Waals surface area contributed by atoms with E-state index in [9.17, 15) is 14.4 Å². The second-order valence-electron chi connectivity index (χ2n) is 4.67. The van der Waals surface area contributed by atoms with E-state index in [1.165, 1.54) is 0 Å². The summed E-state index contributed by atoms with van der Waals surface area (Å²) in [6.45, 7) is 0. The van der Waals surface area contributed by atoms with Crippen LogP contribution in [0.4, 0.5) is 0 Å². The third-order valence-electron chi connectivity index (χ3n) is 3.24. The van der Waals surface area contributed by atoms with Crippen LogP contribution in [0.3, 0.4) is 0 Å². The van der Waals surface area contributed by atoms with Gasteiger partial charge in [0.2, 0.25) is 5.91 Å². The van der Waals surface area contributed by atoms with Crippen LogP contribution in [0.15, 0.2) is 0 Å². The third kappa shape index (κ3) is 4.73. The molecule has 18 heavy (non-hydrogen) atoms. The lowest BCUT2D eigenvalue weighted by molar-refractivity contribution is -0.143. The molecular formula is C12H19NO5. The monoisotopic (exact) mass is 257 g/mol. The SMILES string of the molecule is O=C(O)CC[C@H](NC(=O)C1CCCCC1)C(=O)O. The molecule has 0 aliphatic heterocycles. The minimum absolute atomic E-state index is 0.0802. The van der Waals surface area contributed by atoms with Gasteiger partial charge in [-0.2, -0.15) is 0 Å². The fourth-order valence-electron chi connectivity index (χ4n) is 2.18. The highest BCUT2D eigenvalue weighted by atomic mass is 16.4. The Bertz CT molecular complexity index is 322. The van der Waals surface area contributed by atoms with Gasteiger partial charge >= 0.3 is 11.9 Å². The molecule has 0 radical (unpaired) electrons. The van der Waals surface area contributed by atoms with Gasteiger partial charge in [-0.05, 0) is 19.3 Å². The van der Waals surface area contributed by atoms with Gasteiger partial charge in [-0.3, -0.25) is 9.59 Å². The number of rotatable bonds is 6. The van der Waals surface area contributed by atoms with Crippen LogP contribution in [0.2, 0.25) is 0 Å². The summed E-state index contributed by atoms with van der Waals surface area (Å²) >= 11 is 0. The number of amides is 1. The number of carboxylic acid groups (broad SMARTS) is 2. The van der Waals surface area contributed by atoms with E-state index >= 15 is 0 Å². The van der Waals surface area contributed by atoms with Gasteiger partial charge in [0.1, 0.15) is 6.04 Å². The first-order chi connectivity index (χ1) is 8.50. The Morgan fingerprint density at radius 1 is 1.11 bits per heavy atom. The van der Waals surface area contributed by atoms with Crippen molar-refractivity contribution < 1.29 is 24.6 Å². The molecule has 1 saturated carbocycles. The Kier molecular flexibility index (Phi) is 5.61. The van der Waals surface area contributed by atoms with Crippen molar-refractivity contribution in [1.82, 2.24) is 5.32 Å². The van der Waals surface area contributed by atoms with Crippen molar-refractivity contribution in [2.75, 3.05) is 0 Å². The molecule has 102 valence electrons. The Morgan fingerprint density at radius 3 is 2.22 bits per heavy atom. The second-order valence-corrected chi connectivity index (χ2v) is 4.67. The van der Waals surface area contributed by atoms with Gasteiger partial charge in [-0.1, -0.05) is 19.3 Å². The maximum Gasteiger partial charge on any atom is 0.326 e. The molecular weight excluding hydrogens is 238 g/mol. The van der Waals surface area contributed by atoms with Crippen molar-refractivity contribution in [2.24, 2.45) is 5.92 Å². The van der Waals surface area contributed by atoms with Crippen molar-refractivity contribution in [3.8, 4) is 0 Å². The summed E-state index contributed by atoms with van der Waals surface area (Å²) in [6.07, 6.45) is 4.33. The molecule has 6 heteroatoms. The number of carbonyl (C=O) groups excluding carboxylic acids is 1. The number of hydrogen-bond acceptors (Lipinski definition) is 3. The predicted molar refractivity (Wildman–Crippen MR) is 63.0 cm³/mol. The van der Waals surface area contributed by atoms with Crippen LogP contribution >= 0.6 is 0 Å². The predicted octanol–water partition coefficient (Wildman–Crippen LogP) is 1.00. The summed E-state index contributed by atoms with van der Waals surface area (Å²) in [6, 6.07) is -1.10. The number of carboxylic acids is 2. The van der Waals surface area contributed by atoms with Crippen LogP contribution in [0.25, 0.3) is 0 Å². The second kappa shape index (κ2) is 6.98. The lowest BCUT2D eigenvalue weighted by atomic mass is 9.88. The quantitative estimate of drug-likeness (QED) is 0.658. The van der Waals surface area contributed by atoms with E-state index in [1.807, 2.05) is 0 Å². The van der Waals surface area contributed by atoms with Gasteiger partial charge < -0.3 is 15.5 Å². The molecule has 1 atom stereocenters. The maximum atomic E-state index is 11.8. The Labute approximate surface area is 105 Å². The van der Waals surface area contributed by atoms with Crippen molar-refractivity contribution in [3.05, 3.63) is 0 Å². The first-order valence-electron chi connectivity index (χ1n) is 6.25. The zero-order valence-electron chi connectivity index (χ0n) is 10.2. The van der Waals surface area contributed by atoms with Crippen molar-refractivity contribution in [1.29, 1.82) is 0 Å². The molecule has 0 saturated heterocycles. The smallest absolute Gasteiger partial charge is 0.326 e. The standard InChI is InChI=1S/C12H19NO5/c14-10(15)7-6-9(12(17)18)13-11(16)8-4-2-1-3-5-8/h8-9H,1-7H2,(H,13,16)(H,14,15)(H,17,18)/t9-/m0/s1. The molecule has 0 heterocycles. The zero-order valence-corrected chi connectivity index (χ0v) is 10.2. The first-order valence-corrected chi connectivity index (χ1v) is 6.25. The van der Waals surface area contributed by atoms with Crippen LogP contribution in [0.5, 0.6) is 0 Å². The average Bonchev–Trinajstić information content (AvgIpc) is 2.34. The van der Waals surface area contributed by atoms with Crippen LogP contribution < -0.4 is 5.32 Å². The average molecular weight is 257 g/mol. The van der Waals surface area contributed by atoms with E-state index in [0.717, 1.165) is 32.1 Å². The fourth-order valence-corrected chi connectivity index (χ4v) is 2.18. The summed E-state index contributed by atoms with van der Waals surface area (Å²) in [5, 5.41) is 19.9. The highest BCUT2D eigenvalue weighted by Crippen LogP contribution is 2.23. The lowest BCUT2D eigenvalue weighted by Gasteiger charge is -2.23.